The van der Waals surface area contributed by atoms with Crippen LogP contribution in [0.5, 0.6) is 5.75 Å². The lowest BCUT2D eigenvalue weighted by atomic mass is 10.1. The van der Waals surface area contributed by atoms with E-state index in [0.29, 0.717) is 6.54 Å². The first-order valence-electron chi connectivity index (χ1n) is 6.71. The van der Waals surface area contributed by atoms with Gasteiger partial charge in [0, 0.05) is 30.2 Å². The average molecular weight is 266 g/mol. The Balaban J connectivity index is 1.98. The van der Waals surface area contributed by atoms with E-state index in [1.54, 1.807) is 7.11 Å². The van der Waals surface area contributed by atoms with Gasteiger partial charge >= 0.3 is 0 Å². The zero-order valence-electron chi connectivity index (χ0n) is 11.5. The van der Waals surface area contributed by atoms with Gasteiger partial charge in [-0.1, -0.05) is 24.3 Å². The van der Waals surface area contributed by atoms with Crippen LogP contribution in [-0.4, -0.2) is 11.7 Å². The molecule has 0 unspecified atom stereocenters. The minimum Gasteiger partial charge on any atom is -0.497 e. The van der Waals surface area contributed by atoms with Gasteiger partial charge in [0.05, 0.1) is 7.11 Å². The standard InChI is InChI=1S/C17H18N2O/c1-20-15-6-2-4-13(10-15)12-19-9-8-16-14(11-18)5-3-7-17(16)19/h2-10H,11-12,18H2,1H3. The first-order valence-corrected chi connectivity index (χ1v) is 6.71. The zero-order valence-corrected chi connectivity index (χ0v) is 11.5. The van der Waals surface area contributed by atoms with Crippen LogP contribution < -0.4 is 10.5 Å². The van der Waals surface area contributed by atoms with Gasteiger partial charge in [-0.2, -0.15) is 0 Å². The number of ether oxygens (including phenoxy) is 1. The van der Waals surface area contributed by atoms with Gasteiger partial charge in [-0.25, -0.2) is 0 Å². The average Bonchev–Trinajstić information content (AvgIpc) is 2.90. The highest BCUT2D eigenvalue weighted by Crippen LogP contribution is 2.22. The van der Waals surface area contributed by atoms with Crippen molar-refractivity contribution in [1.82, 2.24) is 4.57 Å². The number of hydrogen-bond donors (Lipinski definition) is 1. The minimum atomic E-state index is 0.570. The molecule has 0 atom stereocenters. The molecule has 3 aromatic rings. The second-order valence-corrected chi connectivity index (χ2v) is 4.85. The number of nitrogens with two attached hydrogens (primary N) is 1. The number of hydrogen-bond acceptors (Lipinski definition) is 2. The fraction of sp³-hybridized carbons (Fsp3) is 0.176. The number of aromatic nitrogens is 1. The Labute approximate surface area is 118 Å². The molecule has 2 N–H and O–H groups in total. The molecule has 0 radical (unpaired) electrons. The molecule has 2 aromatic carbocycles. The number of fused-ring (bicyclic) bond motifs is 1. The van der Waals surface area contributed by atoms with E-state index in [0.717, 1.165) is 12.3 Å². The maximum atomic E-state index is 5.79. The molecule has 0 aliphatic heterocycles. The summed E-state index contributed by atoms with van der Waals surface area (Å²) in [5, 5.41) is 1.23. The van der Waals surface area contributed by atoms with Crippen molar-refractivity contribution in [3.63, 3.8) is 0 Å². The number of methoxy groups -OCH3 is 1. The molecule has 1 aromatic heterocycles. The summed E-state index contributed by atoms with van der Waals surface area (Å²) in [5.74, 6) is 0.890. The van der Waals surface area contributed by atoms with Gasteiger partial charge in [0.1, 0.15) is 5.75 Å². The van der Waals surface area contributed by atoms with Crippen molar-refractivity contribution in [1.29, 1.82) is 0 Å². The molecule has 3 heteroatoms. The second-order valence-electron chi connectivity index (χ2n) is 4.85. The van der Waals surface area contributed by atoms with Crippen LogP contribution in [0, 0.1) is 0 Å². The molecule has 1 heterocycles. The molecule has 0 fully saturated rings. The van der Waals surface area contributed by atoms with Crippen LogP contribution >= 0.6 is 0 Å². The van der Waals surface area contributed by atoms with E-state index in [2.05, 4.69) is 47.2 Å². The van der Waals surface area contributed by atoms with Crippen molar-refractivity contribution >= 4 is 10.9 Å². The van der Waals surface area contributed by atoms with Gasteiger partial charge in [-0.3, -0.25) is 0 Å². The van der Waals surface area contributed by atoms with Crippen LogP contribution in [0.25, 0.3) is 10.9 Å². The van der Waals surface area contributed by atoms with Gasteiger partial charge in [-0.15, -0.1) is 0 Å². The lowest BCUT2D eigenvalue weighted by Crippen LogP contribution is -2.00. The predicted molar refractivity (Wildman–Crippen MR) is 81.9 cm³/mol. The smallest absolute Gasteiger partial charge is 0.119 e. The molecule has 0 aliphatic rings. The topological polar surface area (TPSA) is 40.2 Å². The number of benzene rings is 2. The number of rotatable bonds is 4. The summed E-state index contributed by atoms with van der Waals surface area (Å²) in [4.78, 5) is 0. The van der Waals surface area contributed by atoms with Gasteiger partial charge in [0.15, 0.2) is 0 Å². The molecule has 0 aliphatic carbocycles. The maximum Gasteiger partial charge on any atom is 0.119 e. The Morgan fingerprint density at radius 1 is 1.10 bits per heavy atom. The third-order valence-electron chi connectivity index (χ3n) is 3.61. The molecule has 0 saturated heterocycles. The SMILES string of the molecule is COc1cccc(Cn2ccc3c(CN)cccc32)c1. The van der Waals surface area contributed by atoms with Crippen molar-refractivity contribution < 1.29 is 4.74 Å². The molecular formula is C17H18N2O. The Bertz CT molecular complexity index is 731. The molecule has 3 rings (SSSR count). The van der Waals surface area contributed by atoms with Gasteiger partial charge < -0.3 is 15.0 Å². The first kappa shape index (κ1) is 12.8. The van der Waals surface area contributed by atoms with Crippen molar-refractivity contribution in [2.24, 2.45) is 5.73 Å². The molecule has 0 bridgehead atoms. The Morgan fingerprint density at radius 3 is 2.75 bits per heavy atom. The van der Waals surface area contributed by atoms with Crippen LogP contribution in [-0.2, 0) is 13.1 Å². The van der Waals surface area contributed by atoms with Crippen molar-refractivity contribution in [2.75, 3.05) is 7.11 Å². The highest BCUT2D eigenvalue weighted by atomic mass is 16.5. The van der Waals surface area contributed by atoms with E-state index in [1.165, 1.54) is 22.0 Å². The van der Waals surface area contributed by atoms with Crippen molar-refractivity contribution in [2.45, 2.75) is 13.1 Å². The van der Waals surface area contributed by atoms with E-state index < -0.39 is 0 Å². The summed E-state index contributed by atoms with van der Waals surface area (Å²) in [6, 6.07) is 16.6. The molecule has 3 nitrogen and oxygen atoms in total. The van der Waals surface area contributed by atoms with E-state index >= 15 is 0 Å². The summed E-state index contributed by atoms with van der Waals surface area (Å²) >= 11 is 0. The molecule has 0 spiro atoms. The van der Waals surface area contributed by atoms with Crippen LogP contribution in [0.1, 0.15) is 11.1 Å². The highest BCUT2D eigenvalue weighted by Gasteiger charge is 2.05. The van der Waals surface area contributed by atoms with Gasteiger partial charge in [0.2, 0.25) is 0 Å². The van der Waals surface area contributed by atoms with Gasteiger partial charge in [0.25, 0.3) is 0 Å². The predicted octanol–water partition coefficient (Wildman–Crippen LogP) is 3.16. The zero-order chi connectivity index (χ0) is 13.9. The maximum absolute atomic E-state index is 5.79. The largest absolute Gasteiger partial charge is 0.497 e. The van der Waals surface area contributed by atoms with E-state index in [9.17, 15) is 0 Å². The van der Waals surface area contributed by atoms with Crippen LogP contribution in [0.3, 0.4) is 0 Å². The molecule has 102 valence electrons. The number of nitrogens with zero attached hydrogens (tertiary/aromatic N) is 1. The van der Waals surface area contributed by atoms with Crippen molar-refractivity contribution in [3.8, 4) is 5.75 Å². The Kier molecular flexibility index (Phi) is 3.44. The molecule has 20 heavy (non-hydrogen) atoms. The normalized spacial score (nSPS) is 10.9. The fourth-order valence-electron chi connectivity index (χ4n) is 2.57. The second kappa shape index (κ2) is 5.39. The third-order valence-corrected chi connectivity index (χ3v) is 3.61. The van der Waals surface area contributed by atoms with Crippen LogP contribution in [0.2, 0.25) is 0 Å². The van der Waals surface area contributed by atoms with Gasteiger partial charge in [-0.05, 0) is 35.4 Å². The van der Waals surface area contributed by atoms with Crippen LogP contribution in [0.15, 0.2) is 54.7 Å². The summed E-state index contributed by atoms with van der Waals surface area (Å²) in [6.45, 7) is 1.40. The van der Waals surface area contributed by atoms with Crippen molar-refractivity contribution in [3.05, 3.63) is 65.9 Å². The molecule has 0 saturated carbocycles. The summed E-state index contributed by atoms with van der Waals surface area (Å²) in [6.07, 6.45) is 2.11. The minimum absolute atomic E-state index is 0.570. The van der Waals surface area contributed by atoms with Crippen LogP contribution in [0.4, 0.5) is 0 Å². The lowest BCUT2D eigenvalue weighted by Gasteiger charge is -2.08. The molecular weight excluding hydrogens is 248 g/mol. The Morgan fingerprint density at radius 2 is 1.95 bits per heavy atom. The first-order chi connectivity index (χ1) is 9.81. The summed E-state index contributed by atoms with van der Waals surface area (Å²) in [7, 11) is 1.69. The lowest BCUT2D eigenvalue weighted by molar-refractivity contribution is 0.414. The highest BCUT2D eigenvalue weighted by molar-refractivity contribution is 5.83. The quantitative estimate of drug-likeness (QED) is 0.788. The molecule has 0 amide bonds. The Hall–Kier alpha value is -2.26. The van der Waals surface area contributed by atoms with E-state index in [4.69, 9.17) is 10.5 Å². The fourth-order valence-corrected chi connectivity index (χ4v) is 2.57. The summed E-state index contributed by atoms with van der Waals surface area (Å²) in [5.41, 5.74) is 9.42. The monoisotopic (exact) mass is 266 g/mol. The summed E-state index contributed by atoms with van der Waals surface area (Å²) < 4.78 is 7.51. The van der Waals surface area contributed by atoms with E-state index in [1.807, 2.05) is 12.1 Å². The third kappa shape index (κ3) is 2.28. The van der Waals surface area contributed by atoms with E-state index in [-0.39, 0.29) is 0 Å².